The summed E-state index contributed by atoms with van der Waals surface area (Å²) < 4.78 is 4.97. The van der Waals surface area contributed by atoms with Gasteiger partial charge < -0.3 is 14.8 Å². The number of para-hydroxylation sites is 7. The summed E-state index contributed by atoms with van der Waals surface area (Å²) in [5.74, 6) is 0.909. The van der Waals surface area contributed by atoms with Crippen LogP contribution >= 0.6 is 0 Å². The third-order valence-corrected chi connectivity index (χ3v) is 19.0. The van der Waals surface area contributed by atoms with Crippen LogP contribution in [0, 0.1) is 0 Å². The summed E-state index contributed by atoms with van der Waals surface area (Å²) in [6.07, 6.45) is -0.0952. The quantitative estimate of drug-likeness (QED) is 0.148. The molecule has 3 aliphatic rings. The SMILES string of the molecule is c1ccc(N2c3ccccc3NC2c2ccc(-c3cc4c5c(c3)c3cc(-c6ccc(-c7nc8ccccc8n7-c7ccccc7)cc6)cc6c3n5-c3c(cccc3C4(c3ccccc3)c3ccccc3)C6(c3ccccc3)c3ccccc3)cc2)cc1. The fourth-order valence-electron chi connectivity index (χ4n) is 15.4. The second-order valence-electron chi connectivity index (χ2n) is 23.4. The molecule has 5 nitrogen and oxygen atoms in total. The lowest BCUT2D eigenvalue weighted by atomic mass is 9.58. The Bertz CT molecular complexity index is 5070. The molecule has 1 unspecified atom stereocenters. The highest BCUT2D eigenvalue weighted by molar-refractivity contribution is 6.17. The van der Waals surface area contributed by atoms with Crippen molar-refractivity contribution in [2.45, 2.75) is 17.0 Å². The number of rotatable bonds is 10. The summed E-state index contributed by atoms with van der Waals surface area (Å²) >= 11 is 0. The fraction of sp³-hybridized carbons (Fsp3) is 0.0366. The first-order valence-corrected chi connectivity index (χ1v) is 30.1. The van der Waals surface area contributed by atoms with Crippen LogP contribution in [0.4, 0.5) is 17.1 Å². The van der Waals surface area contributed by atoms with Crippen LogP contribution in [0.3, 0.4) is 0 Å². The van der Waals surface area contributed by atoms with Crippen molar-refractivity contribution in [3.63, 3.8) is 0 Å². The van der Waals surface area contributed by atoms with Gasteiger partial charge in [-0.15, -0.1) is 0 Å². The van der Waals surface area contributed by atoms with E-state index in [0.717, 1.165) is 61.7 Å². The molecule has 408 valence electrons. The van der Waals surface area contributed by atoms with Gasteiger partial charge in [-0.05, 0) is 145 Å². The lowest BCUT2D eigenvalue weighted by molar-refractivity contribution is 0.684. The maximum Gasteiger partial charge on any atom is 0.145 e. The van der Waals surface area contributed by atoms with Gasteiger partial charge in [-0.1, -0.05) is 249 Å². The first-order chi connectivity index (χ1) is 43.2. The van der Waals surface area contributed by atoms with E-state index in [9.17, 15) is 0 Å². The number of benzene rings is 13. The zero-order chi connectivity index (χ0) is 57.2. The van der Waals surface area contributed by atoms with Crippen LogP contribution in [0.25, 0.3) is 77.9 Å². The summed E-state index contributed by atoms with van der Waals surface area (Å²) in [6, 6.07) is 119. The minimum Gasteiger partial charge on any atom is -0.359 e. The van der Waals surface area contributed by atoms with Crippen molar-refractivity contribution in [3.8, 4) is 45.0 Å². The zero-order valence-electron chi connectivity index (χ0n) is 47.5. The monoisotopic (exact) mass is 1110 g/mol. The Hall–Kier alpha value is -11.3. The number of anilines is 3. The number of hydrogen-bond acceptors (Lipinski definition) is 3. The lowest BCUT2D eigenvalue weighted by Gasteiger charge is -2.48. The van der Waals surface area contributed by atoms with E-state index in [0.29, 0.717) is 0 Å². The Morgan fingerprint density at radius 3 is 1.30 bits per heavy atom. The van der Waals surface area contributed by atoms with E-state index in [1.807, 2.05) is 0 Å². The van der Waals surface area contributed by atoms with Crippen LogP contribution < -0.4 is 10.2 Å². The van der Waals surface area contributed by atoms with Crippen molar-refractivity contribution in [2.24, 2.45) is 0 Å². The normalized spacial score (nSPS) is 14.8. The number of fused-ring (bicyclic) bond motifs is 3. The largest absolute Gasteiger partial charge is 0.359 e. The summed E-state index contributed by atoms with van der Waals surface area (Å²) in [7, 11) is 0. The Balaban J connectivity index is 0.930. The van der Waals surface area contributed by atoms with Gasteiger partial charge in [0.15, 0.2) is 0 Å². The topological polar surface area (TPSA) is 38.0 Å². The zero-order valence-corrected chi connectivity index (χ0v) is 47.5. The van der Waals surface area contributed by atoms with Crippen LogP contribution in [0.1, 0.15) is 56.2 Å². The van der Waals surface area contributed by atoms with Crippen LogP contribution in [0.15, 0.2) is 322 Å². The van der Waals surface area contributed by atoms with Crippen molar-refractivity contribution in [2.75, 3.05) is 10.2 Å². The van der Waals surface area contributed by atoms with Gasteiger partial charge in [0.25, 0.3) is 0 Å². The van der Waals surface area contributed by atoms with Gasteiger partial charge in [-0.25, -0.2) is 4.98 Å². The van der Waals surface area contributed by atoms with Crippen molar-refractivity contribution in [3.05, 3.63) is 372 Å². The molecule has 5 heterocycles. The molecule has 0 spiro atoms. The molecule has 5 heteroatoms. The van der Waals surface area contributed by atoms with Crippen LogP contribution in [0.2, 0.25) is 0 Å². The van der Waals surface area contributed by atoms with E-state index < -0.39 is 10.8 Å². The van der Waals surface area contributed by atoms with E-state index in [2.05, 4.69) is 341 Å². The van der Waals surface area contributed by atoms with Crippen LogP contribution in [0.5, 0.6) is 0 Å². The highest BCUT2D eigenvalue weighted by atomic mass is 15.3. The van der Waals surface area contributed by atoms with Crippen molar-refractivity contribution < 1.29 is 0 Å². The van der Waals surface area contributed by atoms with Crippen molar-refractivity contribution in [1.29, 1.82) is 0 Å². The second-order valence-corrected chi connectivity index (χ2v) is 23.4. The number of imidazole rings is 1. The number of hydrogen-bond donors (Lipinski definition) is 1. The van der Waals surface area contributed by atoms with Crippen LogP contribution in [-0.2, 0) is 10.8 Å². The molecule has 1 N–H and O–H groups in total. The van der Waals surface area contributed by atoms with Crippen molar-refractivity contribution >= 4 is 49.9 Å². The molecule has 0 radical (unpaired) electrons. The first-order valence-electron chi connectivity index (χ1n) is 30.1. The summed E-state index contributed by atoms with van der Waals surface area (Å²) in [5, 5.41) is 6.32. The molecule has 2 aromatic heterocycles. The van der Waals surface area contributed by atoms with E-state index in [1.165, 1.54) is 83.3 Å². The van der Waals surface area contributed by atoms with E-state index in [1.54, 1.807) is 0 Å². The standard InChI is InChI=1S/C82H55N5/c1-7-24-60(25-8-1)81(61-26-9-2-10-27-61)68-36-23-37-69-78(68)87-76-66(50-58(52-70(76)81)54-42-46-56(47-43-54)79-83-72-38-19-21-40-74(72)85(79)64-32-15-5-16-33-64)67-51-59(53-71(77(67)87)82(69,62-28-11-3-12-29-62)63-30-13-4-14-31-63)55-44-48-57(49-45-55)80-84-73-39-20-22-41-75(73)86(80)65-34-17-6-18-35-65/h1-53,79,83H. The van der Waals surface area contributed by atoms with Gasteiger partial charge in [-0.2, -0.15) is 0 Å². The van der Waals surface area contributed by atoms with E-state index >= 15 is 0 Å². The molecule has 0 fully saturated rings. The maximum absolute atomic E-state index is 5.29. The summed E-state index contributed by atoms with van der Waals surface area (Å²) in [5.41, 5.74) is 25.5. The molecule has 0 saturated heterocycles. The van der Waals surface area contributed by atoms with E-state index in [4.69, 9.17) is 4.98 Å². The molecule has 0 amide bonds. The molecular weight excluding hydrogens is 1050 g/mol. The van der Waals surface area contributed by atoms with Gasteiger partial charge in [0.05, 0.1) is 50.0 Å². The van der Waals surface area contributed by atoms with E-state index in [-0.39, 0.29) is 6.17 Å². The van der Waals surface area contributed by atoms with Gasteiger partial charge in [0.2, 0.25) is 0 Å². The molecule has 87 heavy (non-hydrogen) atoms. The Morgan fingerprint density at radius 1 is 0.333 bits per heavy atom. The Morgan fingerprint density at radius 2 is 0.770 bits per heavy atom. The Kier molecular flexibility index (Phi) is 10.8. The highest BCUT2D eigenvalue weighted by Gasteiger charge is 2.53. The first kappa shape index (κ1) is 49.2. The number of aromatic nitrogens is 3. The molecule has 0 saturated carbocycles. The average Bonchev–Trinajstić information content (AvgIpc) is 1.61. The predicted octanol–water partition coefficient (Wildman–Crippen LogP) is 19.8. The molecular formula is C82H55N5. The number of nitrogens with one attached hydrogen (secondary N) is 1. The van der Waals surface area contributed by atoms with Crippen molar-refractivity contribution in [1.82, 2.24) is 14.1 Å². The minimum absolute atomic E-state index is 0.0952. The smallest absolute Gasteiger partial charge is 0.145 e. The maximum atomic E-state index is 5.29. The molecule has 1 atom stereocenters. The van der Waals surface area contributed by atoms with Gasteiger partial charge >= 0.3 is 0 Å². The lowest BCUT2D eigenvalue weighted by Crippen LogP contribution is -2.41. The molecule has 0 aliphatic carbocycles. The van der Waals surface area contributed by atoms with Gasteiger partial charge in [-0.3, -0.25) is 4.57 Å². The number of nitrogens with zero attached hydrogens (tertiary/aromatic N) is 4. The predicted molar refractivity (Wildman–Crippen MR) is 357 cm³/mol. The molecule has 3 aliphatic heterocycles. The molecule has 15 aromatic rings. The third-order valence-electron chi connectivity index (χ3n) is 19.0. The van der Waals surface area contributed by atoms with Gasteiger partial charge in [0.1, 0.15) is 12.0 Å². The molecule has 18 rings (SSSR count). The summed E-state index contributed by atoms with van der Waals surface area (Å²) in [4.78, 5) is 7.71. The van der Waals surface area contributed by atoms with Gasteiger partial charge in [0, 0.05) is 27.7 Å². The second kappa shape index (κ2) is 19.1. The molecule has 0 bridgehead atoms. The fourth-order valence-corrected chi connectivity index (χ4v) is 15.4. The third kappa shape index (κ3) is 7.05. The van der Waals surface area contributed by atoms with Crippen LogP contribution in [-0.4, -0.2) is 14.1 Å². The minimum atomic E-state index is -0.746. The summed E-state index contributed by atoms with van der Waals surface area (Å²) in [6.45, 7) is 0. The Labute approximate surface area is 505 Å². The highest BCUT2D eigenvalue weighted by Crippen LogP contribution is 2.63. The molecule has 13 aromatic carbocycles. The average molecular weight is 1110 g/mol.